The lowest BCUT2D eigenvalue weighted by atomic mass is 10.3. The molecule has 29 heavy (non-hydrogen) atoms. The predicted molar refractivity (Wildman–Crippen MR) is 93.9 cm³/mol. The lowest BCUT2D eigenvalue weighted by Gasteiger charge is -2.00. The van der Waals surface area contributed by atoms with Gasteiger partial charge in [-0.15, -0.1) is 0 Å². The first-order valence-corrected chi connectivity index (χ1v) is 10.2. The fourth-order valence-corrected chi connectivity index (χ4v) is 3.74. The van der Waals surface area contributed by atoms with E-state index in [4.69, 9.17) is 4.52 Å². The highest BCUT2D eigenvalue weighted by atomic mass is 32.2. The van der Waals surface area contributed by atoms with E-state index in [1.54, 1.807) is 16.7 Å². The summed E-state index contributed by atoms with van der Waals surface area (Å²) in [7, 11) is -2.57. The number of aromatic nitrogens is 5. The third-order valence-corrected chi connectivity index (χ3v) is 5.35. The molecule has 0 amide bonds. The summed E-state index contributed by atoms with van der Waals surface area (Å²) in [5.41, 5.74) is 2.07. The van der Waals surface area contributed by atoms with E-state index in [1.807, 2.05) is 0 Å². The van der Waals surface area contributed by atoms with Crippen molar-refractivity contribution in [3.05, 3.63) is 54.1 Å². The average molecular weight is 426 g/mol. The van der Waals surface area contributed by atoms with Crippen LogP contribution in [0.2, 0.25) is 0 Å². The molecule has 0 fully saturated rings. The van der Waals surface area contributed by atoms with Gasteiger partial charge in [0.15, 0.2) is 0 Å². The molecule has 0 bridgehead atoms. The number of rotatable bonds is 5. The fourth-order valence-electron chi connectivity index (χ4n) is 2.54. The van der Waals surface area contributed by atoms with Gasteiger partial charge in [-0.2, -0.15) is 18.2 Å². The van der Waals surface area contributed by atoms with E-state index in [-0.39, 0.29) is 18.1 Å². The van der Waals surface area contributed by atoms with Crippen molar-refractivity contribution in [1.82, 2.24) is 24.7 Å². The second kappa shape index (κ2) is 6.99. The minimum absolute atomic E-state index is 0.107. The molecule has 0 aliphatic rings. The van der Waals surface area contributed by atoms with Gasteiger partial charge in [-0.05, 0) is 12.1 Å². The van der Waals surface area contributed by atoms with Gasteiger partial charge < -0.3 is 13.4 Å². The van der Waals surface area contributed by atoms with Crippen molar-refractivity contribution in [1.29, 1.82) is 0 Å². The first-order valence-electron chi connectivity index (χ1n) is 8.12. The molecule has 0 radical (unpaired) electrons. The van der Waals surface area contributed by atoms with Gasteiger partial charge in [0.05, 0.1) is 24.2 Å². The molecule has 4 rings (SSSR count). The van der Waals surface area contributed by atoms with Gasteiger partial charge in [0.25, 0.3) is 0 Å². The van der Waals surface area contributed by atoms with E-state index in [2.05, 4.69) is 29.2 Å². The third-order valence-electron chi connectivity index (χ3n) is 3.85. The van der Waals surface area contributed by atoms with E-state index in [9.17, 15) is 17.4 Å². The summed E-state index contributed by atoms with van der Waals surface area (Å²) >= 11 is 0. The minimum Gasteiger partial charge on any atom is -0.364 e. The third kappa shape index (κ3) is 4.29. The Morgan fingerprint density at radius 1 is 1.24 bits per heavy atom. The van der Waals surface area contributed by atoms with E-state index in [0.29, 0.717) is 22.5 Å². The molecule has 1 atom stereocenters. The largest absolute Gasteiger partial charge is 0.471 e. The van der Waals surface area contributed by atoms with Crippen LogP contribution in [-0.2, 0) is 28.2 Å². The van der Waals surface area contributed by atoms with Gasteiger partial charge in [-0.3, -0.25) is 0 Å². The molecule has 0 aliphatic heterocycles. The summed E-state index contributed by atoms with van der Waals surface area (Å²) in [5.74, 6) is -1.51. The van der Waals surface area contributed by atoms with Crippen molar-refractivity contribution >= 4 is 15.4 Å². The number of imidazole rings is 1. The summed E-state index contributed by atoms with van der Waals surface area (Å²) in [6.45, 7) is 0.204. The van der Waals surface area contributed by atoms with Gasteiger partial charge in [0.1, 0.15) is 11.9 Å². The molecule has 0 saturated carbocycles. The van der Waals surface area contributed by atoms with Crippen LogP contribution >= 0.6 is 0 Å². The van der Waals surface area contributed by atoms with Crippen LogP contribution in [0.1, 0.15) is 17.1 Å². The van der Waals surface area contributed by atoms with Crippen LogP contribution < -0.4 is 0 Å². The number of fused-ring (bicyclic) bond motifs is 1. The highest BCUT2D eigenvalue weighted by Crippen LogP contribution is 2.29. The molecular formula is C16H13F3N6O3S. The highest BCUT2D eigenvalue weighted by molar-refractivity contribution is 7.92. The van der Waals surface area contributed by atoms with Crippen molar-refractivity contribution < 1.29 is 26.4 Å². The Labute approximate surface area is 161 Å². The summed E-state index contributed by atoms with van der Waals surface area (Å²) < 4.78 is 65.3. The molecular weight excluding hydrogens is 413 g/mol. The zero-order chi connectivity index (χ0) is 20.6. The number of pyridine rings is 1. The Bertz CT molecular complexity index is 1270. The van der Waals surface area contributed by atoms with Crippen molar-refractivity contribution in [2.24, 2.45) is 4.36 Å². The standard InChI is InChI=1S/C16H13F3N6O3S/c1-29(26,21-5-10-4-20-27-8-10)9-12-7-25-6-11(2-3-13(25)22-12)14-23-15(28-24-14)16(17,18)19/h2-4,6-8H,5,9H2,1H3. The maximum atomic E-state index is 12.7. The van der Waals surface area contributed by atoms with Crippen molar-refractivity contribution in [2.75, 3.05) is 6.26 Å². The maximum absolute atomic E-state index is 12.7. The number of hydrogen-bond acceptors (Lipinski definition) is 8. The monoisotopic (exact) mass is 426 g/mol. The zero-order valence-corrected chi connectivity index (χ0v) is 15.6. The Morgan fingerprint density at radius 3 is 2.76 bits per heavy atom. The Morgan fingerprint density at radius 2 is 2.07 bits per heavy atom. The molecule has 0 N–H and O–H groups in total. The van der Waals surface area contributed by atoms with Gasteiger partial charge in [-0.1, -0.05) is 10.3 Å². The summed E-state index contributed by atoms with van der Waals surface area (Å²) in [6, 6.07) is 3.12. The highest BCUT2D eigenvalue weighted by Gasteiger charge is 2.38. The van der Waals surface area contributed by atoms with Crippen LogP contribution in [0.4, 0.5) is 13.2 Å². The number of hydrogen-bond donors (Lipinski definition) is 0. The van der Waals surface area contributed by atoms with Crippen molar-refractivity contribution in [3.63, 3.8) is 0 Å². The Kier molecular flexibility index (Phi) is 4.61. The lowest BCUT2D eigenvalue weighted by Crippen LogP contribution is -2.04. The number of nitrogens with zero attached hydrogens (tertiary/aromatic N) is 6. The second-order valence-electron chi connectivity index (χ2n) is 6.26. The average Bonchev–Trinajstić information content (AvgIpc) is 3.38. The molecule has 9 nitrogen and oxygen atoms in total. The van der Waals surface area contributed by atoms with Gasteiger partial charge >= 0.3 is 12.1 Å². The minimum atomic E-state index is -4.71. The molecule has 13 heteroatoms. The van der Waals surface area contributed by atoms with E-state index >= 15 is 0 Å². The first-order chi connectivity index (χ1) is 13.7. The molecule has 0 spiro atoms. The summed E-state index contributed by atoms with van der Waals surface area (Å²) in [5, 5.41) is 6.92. The molecule has 1 unspecified atom stereocenters. The van der Waals surface area contributed by atoms with Crippen LogP contribution in [0.15, 0.2) is 50.4 Å². The van der Waals surface area contributed by atoms with Gasteiger partial charge in [-0.25, -0.2) is 13.6 Å². The SMILES string of the molecule is CS(=O)(Cc1cn2cc(-c3noc(C(F)(F)F)n3)ccc2n1)=NCc1cnoc1. The van der Waals surface area contributed by atoms with E-state index < -0.39 is 21.8 Å². The quantitative estimate of drug-likeness (QED) is 0.482. The smallest absolute Gasteiger partial charge is 0.364 e. The predicted octanol–water partition coefficient (Wildman–Crippen LogP) is 3.19. The van der Waals surface area contributed by atoms with Gasteiger partial charge in [0.2, 0.25) is 5.82 Å². The van der Waals surface area contributed by atoms with Crippen molar-refractivity contribution in [2.45, 2.75) is 18.5 Å². The van der Waals surface area contributed by atoms with E-state index in [1.165, 1.54) is 31.0 Å². The summed E-state index contributed by atoms with van der Waals surface area (Å²) in [6.07, 6.45) is 2.87. The lowest BCUT2D eigenvalue weighted by molar-refractivity contribution is -0.159. The molecule has 4 heterocycles. The maximum Gasteiger partial charge on any atom is 0.471 e. The molecule has 0 aliphatic carbocycles. The van der Waals surface area contributed by atoms with Crippen LogP contribution in [0.5, 0.6) is 0 Å². The molecule has 4 aromatic rings. The Hall–Kier alpha value is -3.22. The van der Waals surface area contributed by atoms with Gasteiger partial charge in [0, 0.05) is 39.5 Å². The molecule has 4 aromatic heterocycles. The Balaban J connectivity index is 1.58. The van der Waals surface area contributed by atoms with Crippen LogP contribution in [0.25, 0.3) is 17.0 Å². The first kappa shape index (κ1) is 19.1. The van der Waals surface area contributed by atoms with Crippen LogP contribution in [0, 0.1) is 0 Å². The summed E-state index contributed by atoms with van der Waals surface area (Å²) in [4.78, 5) is 7.73. The zero-order valence-electron chi connectivity index (χ0n) is 14.8. The molecule has 0 aromatic carbocycles. The van der Waals surface area contributed by atoms with Crippen LogP contribution in [-0.4, -0.2) is 35.1 Å². The number of halogens is 3. The normalized spacial score (nSPS) is 14.2. The molecule has 0 saturated heterocycles. The molecule has 152 valence electrons. The van der Waals surface area contributed by atoms with E-state index in [0.717, 1.165) is 0 Å². The van der Waals surface area contributed by atoms with Crippen LogP contribution in [0.3, 0.4) is 0 Å². The fraction of sp³-hybridized carbons (Fsp3) is 0.250. The number of alkyl halides is 3. The van der Waals surface area contributed by atoms with Crippen molar-refractivity contribution in [3.8, 4) is 11.4 Å². The second-order valence-corrected chi connectivity index (χ2v) is 8.73. The topological polar surface area (TPSA) is 112 Å².